The van der Waals surface area contributed by atoms with Crippen LogP contribution in [0.5, 0.6) is 0 Å². The predicted octanol–water partition coefficient (Wildman–Crippen LogP) is 2.21. The molecule has 0 N–H and O–H groups in total. The molecule has 0 fully saturated rings. The standard InChI is InChI=1S/C17H19N5O/c1-12-10-21(17(23)13-6-2-3-7-13)11-15-19-20-16(22(12)15)14-8-4-5-9-18-14/h2-5,8-9,12-13H,6-7,10-11H2,1H3/t12-/m0/s1. The molecule has 118 valence electrons. The Kier molecular flexibility index (Phi) is 3.44. The number of pyridine rings is 1. The molecule has 23 heavy (non-hydrogen) atoms. The molecule has 4 rings (SSSR count). The van der Waals surface area contributed by atoms with E-state index < -0.39 is 0 Å². The summed E-state index contributed by atoms with van der Waals surface area (Å²) < 4.78 is 2.11. The Balaban J connectivity index is 1.61. The highest BCUT2D eigenvalue weighted by atomic mass is 16.2. The minimum atomic E-state index is 0.104. The summed E-state index contributed by atoms with van der Waals surface area (Å²) >= 11 is 0. The first-order valence-corrected chi connectivity index (χ1v) is 8.03. The molecule has 2 aliphatic rings. The Labute approximate surface area is 134 Å². The van der Waals surface area contributed by atoms with E-state index in [1.807, 2.05) is 23.1 Å². The van der Waals surface area contributed by atoms with Crippen LogP contribution >= 0.6 is 0 Å². The number of hydrogen-bond donors (Lipinski definition) is 0. The number of rotatable bonds is 2. The van der Waals surface area contributed by atoms with E-state index in [1.54, 1.807) is 6.20 Å². The van der Waals surface area contributed by atoms with E-state index in [0.717, 1.165) is 30.2 Å². The fourth-order valence-corrected chi connectivity index (χ4v) is 3.45. The van der Waals surface area contributed by atoms with E-state index in [-0.39, 0.29) is 17.9 Å². The average molecular weight is 309 g/mol. The van der Waals surface area contributed by atoms with Gasteiger partial charge in [0.15, 0.2) is 11.6 Å². The number of carbonyl (C=O) groups excluding carboxylic acids is 1. The van der Waals surface area contributed by atoms with Gasteiger partial charge >= 0.3 is 0 Å². The molecule has 0 saturated heterocycles. The Morgan fingerprint density at radius 1 is 1.22 bits per heavy atom. The highest BCUT2D eigenvalue weighted by Gasteiger charge is 2.32. The summed E-state index contributed by atoms with van der Waals surface area (Å²) in [5, 5.41) is 8.62. The van der Waals surface area contributed by atoms with Crippen molar-refractivity contribution in [3.05, 3.63) is 42.4 Å². The molecule has 1 amide bonds. The summed E-state index contributed by atoms with van der Waals surface area (Å²) in [5.41, 5.74) is 0.817. The number of amides is 1. The van der Waals surface area contributed by atoms with Gasteiger partial charge in [-0.15, -0.1) is 10.2 Å². The maximum absolute atomic E-state index is 12.6. The van der Waals surface area contributed by atoms with Gasteiger partial charge in [-0.05, 0) is 31.9 Å². The van der Waals surface area contributed by atoms with Crippen molar-refractivity contribution in [2.24, 2.45) is 5.92 Å². The molecule has 1 aliphatic heterocycles. The highest BCUT2D eigenvalue weighted by Crippen LogP contribution is 2.29. The van der Waals surface area contributed by atoms with Crippen molar-refractivity contribution in [1.82, 2.24) is 24.6 Å². The first-order chi connectivity index (χ1) is 11.2. The number of allylic oxidation sites excluding steroid dienone is 2. The minimum Gasteiger partial charge on any atom is -0.333 e. The zero-order chi connectivity index (χ0) is 15.8. The van der Waals surface area contributed by atoms with Gasteiger partial charge in [-0.1, -0.05) is 18.2 Å². The van der Waals surface area contributed by atoms with Crippen LogP contribution in [0, 0.1) is 5.92 Å². The highest BCUT2D eigenvalue weighted by molar-refractivity contribution is 5.79. The smallest absolute Gasteiger partial charge is 0.226 e. The molecular formula is C17H19N5O. The van der Waals surface area contributed by atoms with Crippen molar-refractivity contribution in [1.29, 1.82) is 0 Å². The summed E-state index contributed by atoms with van der Waals surface area (Å²) in [6.45, 7) is 3.32. The summed E-state index contributed by atoms with van der Waals surface area (Å²) in [6.07, 6.45) is 7.66. The zero-order valence-electron chi connectivity index (χ0n) is 13.1. The van der Waals surface area contributed by atoms with Crippen LogP contribution in [0.2, 0.25) is 0 Å². The first kappa shape index (κ1) is 14.1. The van der Waals surface area contributed by atoms with Crippen LogP contribution < -0.4 is 0 Å². The van der Waals surface area contributed by atoms with Crippen LogP contribution in [-0.2, 0) is 11.3 Å². The van der Waals surface area contributed by atoms with Crippen LogP contribution in [0.1, 0.15) is 31.6 Å². The lowest BCUT2D eigenvalue weighted by molar-refractivity contribution is -0.137. The van der Waals surface area contributed by atoms with Crippen molar-refractivity contribution in [2.45, 2.75) is 32.4 Å². The van der Waals surface area contributed by atoms with E-state index in [0.29, 0.717) is 13.1 Å². The van der Waals surface area contributed by atoms with Gasteiger partial charge in [0, 0.05) is 18.7 Å². The number of carbonyl (C=O) groups is 1. The van der Waals surface area contributed by atoms with Gasteiger partial charge in [0.05, 0.1) is 12.6 Å². The Hall–Kier alpha value is -2.50. The average Bonchev–Trinajstić information content (AvgIpc) is 3.24. The number of nitrogens with zero attached hydrogens (tertiary/aromatic N) is 5. The summed E-state index contributed by atoms with van der Waals surface area (Å²) in [6, 6.07) is 5.91. The molecule has 2 aromatic rings. The Morgan fingerprint density at radius 2 is 2.04 bits per heavy atom. The van der Waals surface area contributed by atoms with Crippen molar-refractivity contribution >= 4 is 5.91 Å². The van der Waals surface area contributed by atoms with E-state index in [9.17, 15) is 4.79 Å². The van der Waals surface area contributed by atoms with Gasteiger partial charge in [-0.25, -0.2) is 0 Å². The Bertz CT molecular complexity index is 744. The number of fused-ring (bicyclic) bond motifs is 1. The SMILES string of the molecule is C[C@H]1CN(C(=O)C2CC=CC2)Cc2nnc(-c3ccccn3)n21. The summed E-state index contributed by atoms with van der Waals surface area (Å²) in [7, 11) is 0. The van der Waals surface area contributed by atoms with Crippen LogP contribution in [0.25, 0.3) is 11.5 Å². The fraction of sp³-hybridized carbons (Fsp3) is 0.412. The van der Waals surface area contributed by atoms with Crippen molar-refractivity contribution in [3.63, 3.8) is 0 Å². The molecule has 0 saturated carbocycles. The molecule has 0 bridgehead atoms. The number of hydrogen-bond acceptors (Lipinski definition) is 4. The summed E-state index contributed by atoms with van der Waals surface area (Å²) in [5.74, 6) is 1.95. The molecule has 0 aromatic carbocycles. The Morgan fingerprint density at radius 3 is 2.78 bits per heavy atom. The van der Waals surface area contributed by atoms with E-state index in [2.05, 4.69) is 38.8 Å². The third kappa shape index (κ3) is 2.44. The van der Waals surface area contributed by atoms with Crippen LogP contribution in [-0.4, -0.2) is 37.1 Å². The first-order valence-electron chi connectivity index (χ1n) is 8.03. The van der Waals surface area contributed by atoms with Crippen molar-refractivity contribution < 1.29 is 4.79 Å². The van der Waals surface area contributed by atoms with E-state index >= 15 is 0 Å². The predicted molar refractivity (Wildman–Crippen MR) is 85.2 cm³/mol. The van der Waals surface area contributed by atoms with Gasteiger partial charge < -0.3 is 9.47 Å². The second-order valence-electron chi connectivity index (χ2n) is 6.23. The third-order valence-corrected chi connectivity index (χ3v) is 4.59. The molecule has 0 unspecified atom stereocenters. The molecule has 0 spiro atoms. The zero-order valence-corrected chi connectivity index (χ0v) is 13.1. The molecule has 3 heterocycles. The lowest BCUT2D eigenvalue weighted by Gasteiger charge is -2.34. The van der Waals surface area contributed by atoms with E-state index in [1.165, 1.54) is 0 Å². The fourth-order valence-electron chi connectivity index (χ4n) is 3.45. The van der Waals surface area contributed by atoms with E-state index in [4.69, 9.17) is 0 Å². The van der Waals surface area contributed by atoms with Crippen molar-refractivity contribution in [3.8, 4) is 11.5 Å². The molecule has 1 aliphatic carbocycles. The lowest BCUT2D eigenvalue weighted by atomic mass is 10.0. The third-order valence-electron chi connectivity index (χ3n) is 4.59. The summed E-state index contributed by atoms with van der Waals surface area (Å²) in [4.78, 5) is 18.9. The lowest BCUT2D eigenvalue weighted by Crippen LogP contribution is -2.43. The second kappa shape index (κ2) is 5.61. The van der Waals surface area contributed by atoms with Gasteiger partial charge in [0.2, 0.25) is 5.91 Å². The molecule has 0 radical (unpaired) electrons. The van der Waals surface area contributed by atoms with Gasteiger partial charge in [0.25, 0.3) is 0 Å². The number of aromatic nitrogens is 4. The van der Waals surface area contributed by atoms with Crippen molar-refractivity contribution in [2.75, 3.05) is 6.54 Å². The topological polar surface area (TPSA) is 63.9 Å². The largest absolute Gasteiger partial charge is 0.333 e. The molecule has 6 heteroatoms. The maximum atomic E-state index is 12.6. The normalized spacial score (nSPS) is 20.7. The van der Waals surface area contributed by atoms with Crippen LogP contribution in [0.4, 0.5) is 0 Å². The molecule has 6 nitrogen and oxygen atoms in total. The monoisotopic (exact) mass is 309 g/mol. The molecule has 1 atom stereocenters. The second-order valence-corrected chi connectivity index (χ2v) is 6.23. The van der Waals surface area contributed by atoms with Crippen LogP contribution in [0.15, 0.2) is 36.5 Å². The van der Waals surface area contributed by atoms with Gasteiger partial charge in [0.1, 0.15) is 5.69 Å². The van der Waals surface area contributed by atoms with Gasteiger partial charge in [-0.2, -0.15) is 0 Å². The van der Waals surface area contributed by atoms with Gasteiger partial charge in [-0.3, -0.25) is 9.78 Å². The molecule has 2 aromatic heterocycles. The van der Waals surface area contributed by atoms with Crippen LogP contribution in [0.3, 0.4) is 0 Å². The quantitative estimate of drug-likeness (QED) is 0.798. The minimum absolute atomic E-state index is 0.104. The maximum Gasteiger partial charge on any atom is 0.226 e. The molecular weight excluding hydrogens is 290 g/mol.